The predicted molar refractivity (Wildman–Crippen MR) is 191 cm³/mol. The number of anilines is 1. The Labute approximate surface area is 296 Å². The molecule has 4 aromatic rings. The summed E-state index contributed by atoms with van der Waals surface area (Å²) in [7, 11) is -4.33. The number of carbonyl (C=O) groups is 2. The smallest absolute Gasteiger partial charge is 0.264 e. The van der Waals surface area contributed by atoms with Crippen LogP contribution in [0.1, 0.15) is 30.5 Å². The van der Waals surface area contributed by atoms with Crippen LogP contribution in [0.2, 0.25) is 20.1 Å². The minimum atomic E-state index is -4.33. The molecule has 0 bridgehead atoms. The summed E-state index contributed by atoms with van der Waals surface area (Å²) in [5, 5.41) is 3.89. The van der Waals surface area contributed by atoms with Gasteiger partial charge >= 0.3 is 0 Å². The third kappa shape index (κ3) is 9.64. The number of amides is 2. The number of rotatable bonds is 13. The Kier molecular flexibility index (Phi) is 12.6. The molecule has 0 saturated heterocycles. The second kappa shape index (κ2) is 16.2. The van der Waals surface area contributed by atoms with Crippen LogP contribution >= 0.6 is 46.4 Å². The van der Waals surface area contributed by atoms with Crippen molar-refractivity contribution in [3.05, 3.63) is 128 Å². The molecular formula is C35H35Cl4N3O4S. The molecule has 0 fully saturated rings. The third-order valence-corrected chi connectivity index (χ3v) is 10.3. The van der Waals surface area contributed by atoms with Crippen LogP contribution in [-0.2, 0) is 32.6 Å². The maximum atomic E-state index is 14.6. The fourth-order valence-corrected chi connectivity index (χ4v) is 7.31. The molecule has 4 rings (SSSR count). The summed E-state index contributed by atoms with van der Waals surface area (Å²) in [5.41, 5.74) is 2.15. The van der Waals surface area contributed by atoms with E-state index in [-0.39, 0.29) is 39.5 Å². The van der Waals surface area contributed by atoms with Gasteiger partial charge in [0.1, 0.15) is 12.6 Å². The van der Waals surface area contributed by atoms with Crippen molar-refractivity contribution in [1.82, 2.24) is 10.2 Å². The first-order valence-corrected chi connectivity index (χ1v) is 17.8. The quantitative estimate of drug-likeness (QED) is 0.150. The summed E-state index contributed by atoms with van der Waals surface area (Å²) in [5.74, 6) is -0.938. The Bertz CT molecular complexity index is 1780. The van der Waals surface area contributed by atoms with Gasteiger partial charge in [-0.3, -0.25) is 13.9 Å². The third-order valence-electron chi connectivity index (χ3n) is 7.37. The monoisotopic (exact) mass is 733 g/mol. The molecule has 7 nitrogen and oxygen atoms in total. The lowest BCUT2D eigenvalue weighted by Crippen LogP contribution is -2.53. The lowest BCUT2D eigenvalue weighted by atomic mass is 10.0. The van der Waals surface area contributed by atoms with Gasteiger partial charge in [0.15, 0.2) is 0 Å². The molecule has 0 unspecified atom stereocenters. The van der Waals surface area contributed by atoms with Gasteiger partial charge < -0.3 is 10.2 Å². The van der Waals surface area contributed by atoms with Crippen LogP contribution in [0.25, 0.3) is 0 Å². The summed E-state index contributed by atoms with van der Waals surface area (Å²) in [6.45, 7) is 5.28. The predicted octanol–water partition coefficient (Wildman–Crippen LogP) is 8.22. The lowest BCUT2D eigenvalue weighted by molar-refractivity contribution is -0.140. The van der Waals surface area contributed by atoms with Crippen molar-refractivity contribution >= 4 is 73.9 Å². The van der Waals surface area contributed by atoms with Crippen molar-refractivity contribution in [1.29, 1.82) is 0 Å². The highest BCUT2D eigenvalue weighted by Crippen LogP contribution is 2.31. The van der Waals surface area contributed by atoms with Gasteiger partial charge in [-0.15, -0.1) is 0 Å². The topological polar surface area (TPSA) is 86.8 Å². The molecule has 1 N–H and O–H groups in total. The van der Waals surface area contributed by atoms with Gasteiger partial charge in [-0.2, -0.15) is 0 Å². The zero-order chi connectivity index (χ0) is 34.3. The lowest BCUT2D eigenvalue weighted by Gasteiger charge is -2.34. The number of hydrogen-bond acceptors (Lipinski definition) is 4. The maximum Gasteiger partial charge on any atom is 0.264 e. The van der Waals surface area contributed by atoms with Crippen molar-refractivity contribution in [3.8, 4) is 0 Å². The molecule has 0 aromatic heterocycles. The first-order chi connectivity index (χ1) is 22.3. The van der Waals surface area contributed by atoms with Crippen molar-refractivity contribution in [2.24, 2.45) is 5.92 Å². The minimum absolute atomic E-state index is 0.0387. The number of halogens is 4. The highest BCUT2D eigenvalue weighted by Gasteiger charge is 2.35. The van der Waals surface area contributed by atoms with E-state index in [1.165, 1.54) is 35.2 Å². The van der Waals surface area contributed by atoms with Crippen LogP contribution in [0.15, 0.2) is 95.9 Å². The van der Waals surface area contributed by atoms with Gasteiger partial charge in [0.2, 0.25) is 11.8 Å². The van der Waals surface area contributed by atoms with Crippen LogP contribution < -0.4 is 9.62 Å². The molecule has 0 saturated carbocycles. The summed E-state index contributed by atoms with van der Waals surface area (Å²) in [6.07, 6.45) is 0.145. The van der Waals surface area contributed by atoms with Gasteiger partial charge in [-0.05, 0) is 60.9 Å². The summed E-state index contributed by atoms with van der Waals surface area (Å²) in [4.78, 5) is 29.8. The normalized spacial score (nSPS) is 12.1. The molecule has 0 aliphatic rings. The van der Waals surface area contributed by atoms with E-state index in [4.69, 9.17) is 46.4 Å². The number of aryl methyl sites for hydroxylation is 1. The average molecular weight is 736 g/mol. The van der Waals surface area contributed by atoms with Gasteiger partial charge in [0.05, 0.1) is 10.6 Å². The molecule has 12 heteroatoms. The molecule has 4 aromatic carbocycles. The number of sulfonamides is 1. The van der Waals surface area contributed by atoms with Gasteiger partial charge in [-0.25, -0.2) is 8.42 Å². The molecule has 0 aliphatic heterocycles. The van der Waals surface area contributed by atoms with E-state index < -0.39 is 34.4 Å². The Morgan fingerprint density at radius 1 is 0.809 bits per heavy atom. The highest BCUT2D eigenvalue weighted by molar-refractivity contribution is 7.92. The van der Waals surface area contributed by atoms with E-state index in [9.17, 15) is 18.0 Å². The fraction of sp³-hybridized carbons (Fsp3) is 0.257. The van der Waals surface area contributed by atoms with E-state index in [2.05, 4.69) is 5.32 Å². The Morgan fingerprint density at radius 2 is 1.40 bits per heavy atom. The summed E-state index contributed by atoms with van der Waals surface area (Å²) >= 11 is 25.8. The number of hydrogen-bond donors (Lipinski definition) is 1. The van der Waals surface area contributed by atoms with E-state index in [0.29, 0.717) is 22.2 Å². The van der Waals surface area contributed by atoms with Gasteiger partial charge in [0.25, 0.3) is 10.0 Å². The van der Waals surface area contributed by atoms with Crippen molar-refractivity contribution in [2.45, 2.75) is 44.7 Å². The minimum Gasteiger partial charge on any atom is -0.354 e. The molecule has 0 heterocycles. The largest absolute Gasteiger partial charge is 0.354 e. The Morgan fingerprint density at radius 3 is 1.98 bits per heavy atom. The second-order valence-electron chi connectivity index (χ2n) is 11.5. The van der Waals surface area contributed by atoms with Crippen LogP contribution in [0.4, 0.5) is 5.69 Å². The zero-order valence-electron chi connectivity index (χ0n) is 26.1. The first kappa shape index (κ1) is 36.6. The fourth-order valence-electron chi connectivity index (χ4n) is 4.88. The Hall–Kier alpha value is -3.27. The molecule has 0 aliphatic carbocycles. The number of carbonyl (C=O) groups excluding carboxylic acids is 2. The molecular weight excluding hydrogens is 700 g/mol. The highest BCUT2D eigenvalue weighted by atomic mass is 35.5. The summed E-state index contributed by atoms with van der Waals surface area (Å²) in [6, 6.07) is 23.7. The zero-order valence-corrected chi connectivity index (χ0v) is 29.9. The van der Waals surface area contributed by atoms with E-state index in [1.54, 1.807) is 30.3 Å². The van der Waals surface area contributed by atoms with Gasteiger partial charge in [-0.1, -0.05) is 114 Å². The number of nitrogens with one attached hydrogen (secondary N) is 1. The van der Waals surface area contributed by atoms with Crippen LogP contribution in [-0.4, -0.2) is 44.3 Å². The number of nitrogens with zero attached hydrogens (tertiary/aromatic N) is 2. The van der Waals surface area contributed by atoms with Crippen LogP contribution in [0, 0.1) is 12.8 Å². The SMILES string of the molecule is Cc1ccc(S(=O)(=O)N(CC(=O)N(Cc2c(Cl)cccc2Cl)[C@H](Cc2ccccc2)C(=O)NCC(C)C)c2cc(Cl)cc(Cl)c2)cc1. The van der Waals surface area contributed by atoms with E-state index >= 15 is 0 Å². The average Bonchev–Trinajstić information content (AvgIpc) is 3.01. The molecule has 1 atom stereocenters. The first-order valence-electron chi connectivity index (χ1n) is 14.9. The van der Waals surface area contributed by atoms with Crippen molar-refractivity contribution in [3.63, 3.8) is 0 Å². The van der Waals surface area contributed by atoms with Crippen molar-refractivity contribution in [2.75, 3.05) is 17.4 Å². The van der Waals surface area contributed by atoms with Gasteiger partial charge in [0, 0.05) is 45.2 Å². The molecule has 248 valence electrons. The summed E-state index contributed by atoms with van der Waals surface area (Å²) < 4.78 is 29.4. The molecule has 0 radical (unpaired) electrons. The molecule has 0 spiro atoms. The number of benzene rings is 4. The molecule has 2 amide bonds. The maximum absolute atomic E-state index is 14.6. The second-order valence-corrected chi connectivity index (χ2v) is 15.1. The van der Waals surface area contributed by atoms with Crippen LogP contribution in [0.3, 0.4) is 0 Å². The van der Waals surface area contributed by atoms with E-state index in [1.807, 2.05) is 51.1 Å². The molecule has 47 heavy (non-hydrogen) atoms. The Balaban J connectivity index is 1.86. The standard InChI is InChI=1S/C35H35Cl4N3O4S/c1-23(2)20-40-35(44)33(16-25-8-5-4-6-9-25)41(21-30-31(38)10-7-11-32(30)39)34(43)22-42(28-18-26(36)17-27(37)19-28)47(45,46)29-14-12-24(3)13-15-29/h4-15,17-19,23,33H,16,20-22H2,1-3H3,(H,40,44)/t33-/m1/s1. The van der Waals surface area contributed by atoms with Crippen molar-refractivity contribution < 1.29 is 18.0 Å². The van der Waals surface area contributed by atoms with Crippen LogP contribution in [0.5, 0.6) is 0 Å². The van der Waals surface area contributed by atoms with E-state index in [0.717, 1.165) is 15.4 Å².